The van der Waals surface area contributed by atoms with Gasteiger partial charge >= 0.3 is 0 Å². The molecule has 0 saturated heterocycles. The van der Waals surface area contributed by atoms with Crippen LogP contribution in [-0.4, -0.2) is 16.7 Å². The predicted octanol–water partition coefficient (Wildman–Crippen LogP) is 4.42. The number of carbonyl (C=O) groups is 2. The van der Waals surface area contributed by atoms with Crippen LogP contribution in [0.5, 0.6) is 0 Å². The van der Waals surface area contributed by atoms with Crippen molar-refractivity contribution in [1.82, 2.24) is 10.4 Å². The van der Waals surface area contributed by atoms with Gasteiger partial charge in [-0.25, -0.2) is 5.01 Å². The number of ketones is 1. The van der Waals surface area contributed by atoms with Crippen molar-refractivity contribution in [3.63, 3.8) is 0 Å². The highest BCUT2D eigenvalue weighted by Gasteiger charge is 2.44. The lowest BCUT2D eigenvalue weighted by atomic mass is 9.69. The van der Waals surface area contributed by atoms with E-state index in [2.05, 4.69) is 11.5 Å². The van der Waals surface area contributed by atoms with Crippen molar-refractivity contribution in [2.45, 2.75) is 32.6 Å². The number of nitriles is 1. The maximum Gasteiger partial charge on any atom is 0.270 e. The molecule has 0 radical (unpaired) electrons. The van der Waals surface area contributed by atoms with E-state index in [0.717, 1.165) is 5.56 Å². The summed E-state index contributed by atoms with van der Waals surface area (Å²) in [5.74, 6) is -0.935. The Morgan fingerprint density at radius 1 is 1.16 bits per heavy atom. The molecule has 1 heterocycles. The lowest BCUT2D eigenvalue weighted by molar-refractivity contribution is -0.118. The van der Waals surface area contributed by atoms with E-state index < -0.39 is 5.92 Å². The fourth-order valence-corrected chi connectivity index (χ4v) is 4.51. The summed E-state index contributed by atoms with van der Waals surface area (Å²) >= 11 is 6.06. The molecule has 0 saturated carbocycles. The van der Waals surface area contributed by atoms with Crippen molar-refractivity contribution < 1.29 is 9.59 Å². The Labute approximate surface area is 191 Å². The van der Waals surface area contributed by atoms with Crippen LogP contribution >= 0.6 is 11.6 Å². The van der Waals surface area contributed by atoms with Crippen molar-refractivity contribution in [2.24, 2.45) is 11.1 Å². The summed E-state index contributed by atoms with van der Waals surface area (Å²) in [6, 6.07) is 17.9. The molecule has 1 atom stereocenters. The van der Waals surface area contributed by atoms with Crippen molar-refractivity contribution in [1.29, 1.82) is 5.26 Å². The first-order valence-electron chi connectivity index (χ1n) is 10.3. The number of allylic oxidation sites excluding steroid dienone is 3. The van der Waals surface area contributed by atoms with Gasteiger partial charge in [-0.3, -0.25) is 15.0 Å². The highest BCUT2D eigenvalue weighted by Crippen LogP contribution is 2.48. The molecule has 7 heteroatoms. The van der Waals surface area contributed by atoms with Gasteiger partial charge in [0.15, 0.2) is 5.78 Å². The van der Waals surface area contributed by atoms with Crippen LogP contribution in [0.15, 0.2) is 77.3 Å². The average Bonchev–Trinajstić information content (AvgIpc) is 2.76. The molecule has 0 aromatic heterocycles. The Kier molecular flexibility index (Phi) is 5.53. The molecule has 6 nitrogen and oxygen atoms in total. The third kappa shape index (κ3) is 3.88. The first-order chi connectivity index (χ1) is 15.2. The number of hydrazine groups is 1. The molecule has 2 aliphatic rings. The monoisotopic (exact) mass is 446 g/mol. The van der Waals surface area contributed by atoms with Crippen LogP contribution in [0.2, 0.25) is 5.02 Å². The van der Waals surface area contributed by atoms with Gasteiger partial charge in [-0.05, 0) is 41.7 Å². The van der Waals surface area contributed by atoms with E-state index in [4.69, 9.17) is 17.3 Å². The fraction of sp³-hybridized carbons (Fsp3) is 0.240. The molecular weight excluding hydrogens is 424 g/mol. The maximum atomic E-state index is 13.4. The van der Waals surface area contributed by atoms with E-state index in [1.54, 1.807) is 48.5 Å². The number of nitrogens with one attached hydrogen (secondary N) is 1. The molecule has 32 heavy (non-hydrogen) atoms. The summed E-state index contributed by atoms with van der Waals surface area (Å²) in [4.78, 5) is 26.3. The number of nitrogens with two attached hydrogens (primary N) is 1. The number of amides is 1. The van der Waals surface area contributed by atoms with E-state index in [-0.39, 0.29) is 28.5 Å². The van der Waals surface area contributed by atoms with Crippen molar-refractivity contribution in [3.05, 3.63) is 93.4 Å². The highest BCUT2D eigenvalue weighted by atomic mass is 35.5. The van der Waals surface area contributed by atoms with Crippen LogP contribution in [0.4, 0.5) is 0 Å². The minimum atomic E-state index is -0.610. The second kappa shape index (κ2) is 8.18. The lowest BCUT2D eigenvalue weighted by Crippen LogP contribution is -2.49. The standard InChI is InChI=1S/C25H23ClN4O2/c1-25(2)12-19-22(20(31)13-25)21(15-8-10-17(26)11-9-15)18(14-27)23(28)30(19)29-24(32)16-6-4-3-5-7-16/h3-11,21H,12-13,28H2,1-2H3,(H,29,32). The van der Waals surface area contributed by atoms with Crippen LogP contribution in [0.3, 0.4) is 0 Å². The summed E-state index contributed by atoms with van der Waals surface area (Å²) in [5.41, 5.74) is 11.5. The zero-order valence-electron chi connectivity index (χ0n) is 17.9. The van der Waals surface area contributed by atoms with Crippen molar-refractivity contribution >= 4 is 23.3 Å². The zero-order chi connectivity index (χ0) is 23.0. The van der Waals surface area contributed by atoms with E-state index in [1.165, 1.54) is 5.01 Å². The van der Waals surface area contributed by atoms with Gasteiger partial charge in [-0.1, -0.05) is 55.8 Å². The molecule has 2 aromatic carbocycles. The molecule has 1 amide bonds. The molecular formula is C25H23ClN4O2. The zero-order valence-corrected chi connectivity index (χ0v) is 18.6. The van der Waals surface area contributed by atoms with Crippen LogP contribution in [-0.2, 0) is 4.79 Å². The fourth-order valence-electron chi connectivity index (χ4n) is 4.38. The van der Waals surface area contributed by atoms with Gasteiger partial charge in [-0.2, -0.15) is 5.26 Å². The smallest absolute Gasteiger partial charge is 0.270 e. The molecule has 1 unspecified atom stereocenters. The normalized spacial score (nSPS) is 20.0. The van der Waals surface area contributed by atoms with Gasteiger partial charge in [0, 0.05) is 22.6 Å². The van der Waals surface area contributed by atoms with Crippen molar-refractivity contribution in [3.8, 4) is 6.07 Å². The topological polar surface area (TPSA) is 99.2 Å². The number of benzene rings is 2. The second-order valence-electron chi connectivity index (χ2n) is 8.84. The van der Waals surface area contributed by atoms with Crippen molar-refractivity contribution in [2.75, 3.05) is 0 Å². The number of halogens is 1. The van der Waals surface area contributed by atoms with Gasteiger partial charge in [0.25, 0.3) is 5.91 Å². The quantitative estimate of drug-likeness (QED) is 0.726. The van der Waals surface area contributed by atoms with Crippen LogP contribution < -0.4 is 11.2 Å². The van der Waals surface area contributed by atoms with E-state index in [9.17, 15) is 14.9 Å². The predicted molar refractivity (Wildman–Crippen MR) is 122 cm³/mol. The van der Waals surface area contributed by atoms with Crippen LogP contribution in [0.25, 0.3) is 0 Å². The number of carbonyl (C=O) groups excluding carboxylic acids is 2. The third-order valence-electron chi connectivity index (χ3n) is 5.83. The molecule has 0 bridgehead atoms. The summed E-state index contributed by atoms with van der Waals surface area (Å²) in [6.45, 7) is 4.01. The Hall–Kier alpha value is -3.56. The highest BCUT2D eigenvalue weighted by molar-refractivity contribution is 6.30. The molecule has 2 aromatic rings. The number of Topliss-reactive ketones (excluding diaryl/α,β-unsaturated/α-hetero) is 1. The summed E-state index contributed by atoms with van der Waals surface area (Å²) in [6.07, 6.45) is 0.863. The molecule has 162 valence electrons. The molecule has 1 aliphatic heterocycles. The largest absolute Gasteiger partial charge is 0.383 e. The molecule has 0 spiro atoms. The number of hydrogen-bond acceptors (Lipinski definition) is 5. The van der Waals surface area contributed by atoms with Crippen LogP contribution in [0, 0.1) is 16.7 Å². The Morgan fingerprint density at radius 2 is 1.81 bits per heavy atom. The minimum Gasteiger partial charge on any atom is -0.383 e. The number of nitrogens with zero attached hydrogens (tertiary/aromatic N) is 2. The van der Waals surface area contributed by atoms with Gasteiger partial charge in [0.1, 0.15) is 5.82 Å². The number of rotatable bonds is 3. The average molecular weight is 447 g/mol. The van der Waals surface area contributed by atoms with E-state index in [1.807, 2.05) is 19.9 Å². The maximum absolute atomic E-state index is 13.4. The molecule has 4 rings (SSSR count). The molecule has 1 aliphatic carbocycles. The lowest BCUT2D eigenvalue weighted by Gasteiger charge is -2.43. The van der Waals surface area contributed by atoms with Gasteiger partial charge in [-0.15, -0.1) is 0 Å². The van der Waals surface area contributed by atoms with Gasteiger partial charge in [0.05, 0.1) is 23.3 Å². The first-order valence-corrected chi connectivity index (χ1v) is 10.7. The summed E-state index contributed by atoms with van der Waals surface area (Å²) in [7, 11) is 0. The van der Waals surface area contributed by atoms with Crippen LogP contribution in [0.1, 0.15) is 48.5 Å². The minimum absolute atomic E-state index is 0.0598. The van der Waals surface area contributed by atoms with E-state index >= 15 is 0 Å². The summed E-state index contributed by atoms with van der Waals surface area (Å²) in [5, 5.41) is 12.0. The second-order valence-corrected chi connectivity index (χ2v) is 9.28. The first kappa shape index (κ1) is 21.7. The Bertz CT molecular complexity index is 1190. The Balaban J connectivity index is 1.86. The summed E-state index contributed by atoms with van der Waals surface area (Å²) < 4.78 is 0. The third-order valence-corrected chi connectivity index (χ3v) is 6.09. The van der Waals surface area contributed by atoms with E-state index in [0.29, 0.717) is 34.7 Å². The van der Waals surface area contributed by atoms with Gasteiger partial charge in [0.2, 0.25) is 0 Å². The Morgan fingerprint density at radius 3 is 2.44 bits per heavy atom. The van der Waals surface area contributed by atoms with Gasteiger partial charge < -0.3 is 5.73 Å². The number of hydrogen-bond donors (Lipinski definition) is 2. The molecule has 0 fully saturated rings. The molecule has 3 N–H and O–H groups in total. The SMILES string of the molecule is CC1(C)CC(=O)C2=C(C1)N(NC(=O)c1ccccc1)C(N)=C(C#N)C2c1ccc(Cl)cc1.